The van der Waals surface area contributed by atoms with Crippen LogP contribution in [0.4, 0.5) is 0 Å². The van der Waals surface area contributed by atoms with Gasteiger partial charge in [-0.1, -0.05) is 42.3 Å². The highest BCUT2D eigenvalue weighted by molar-refractivity contribution is 7.89. The first-order valence-corrected chi connectivity index (χ1v) is 15.6. The number of benzene rings is 1. The Balaban J connectivity index is 1.42. The zero-order chi connectivity index (χ0) is 27.9. The number of nitrogens with zero attached hydrogens (tertiary/aromatic N) is 6. The second-order valence-electron chi connectivity index (χ2n) is 10.6. The summed E-state index contributed by atoms with van der Waals surface area (Å²) in [6, 6.07) is 7.73. The van der Waals surface area contributed by atoms with Crippen molar-refractivity contribution >= 4 is 50.0 Å². The monoisotopic (exact) mass is 587 g/mol. The van der Waals surface area contributed by atoms with Gasteiger partial charge >= 0.3 is 0 Å². The van der Waals surface area contributed by atoms with E-state index in [4.69, 9.17) is 33.3 Å². The zero-order valence-corrected chi connectivity index (χ0v) is 24.2. The third-order valence-corrected chi connectivity index (χ3v) is 9.37. The molecule has 4 atom stereocenters. The molecule has 0 radical (unpaired) electrons. The van der Waals surface area contributed by atoms with Crippen LogP contribution in [0.15, 0.2) is 30.5 Å². The van der Waals surface area contributed by atoms with Gasteiger partial charge in [-0.05, 0) is 74.8 Å². The van der Waals surface area contributed by atoms with E-state index in [2.05, 4.69) is 34.1 Å². The van der Waals surface area contributed by atoms with Crippen molar-refractivity contribution in [2.75, 3.05) is 12.3 Å². The van der Waals surface area contributed by atoms with Crippen LogP contribution in [0, 0.1) is 17.2 Å². The average Bonchev–Trinajstić information content (AvgIpc) is 3.51. The molecular weight excluding hydrogens is 557 g/mol. The number of sulfonamides is 1. The van der Waals surface area contributed by atoms with E-state index in [1.165, 1.54) is 0 Å². The van der Waals surface area contributed by atoms with Crippen molar-refractivity contribution in [1.29, 1.82) is 5.26 Å². The minimum absolute atomic E-state index is 0.0178. The molecule has 2 N–H and O–H groups in total. The van der Waals surface area contributed by atoms with Gasteiger partial charge in [0.2, 0.25) is 10.0 Å². The molecule has 3 aromatic rings. The maximum atomic E-state index is 11.5. The van der Waals surface area contributed by atoms with Gasteiger partial charge in [-0.3, -0.25) is 4.90 Å². The Morgan fingerprint density at radius 1 is 1.31 bits per heavy atom. The fourth-order valence-corrected chi connectivity index (χ4v) is 7.19. The van der Waals surface area contributed by atoms with Crippen LogP contribution in [0.2, 0.25) is 10.0 Å². The summed E-state index contributed by atoms with van der Waals surface area (Å²) in [7, 11) is -3.47. The van der Waals surface area contributed by atoms with Crippen LogP contribution in [0.3, 0.4) is 0 Å². The predicted octanol–water partition coefficient (Wildman–Crippen LogP) is 4.94. The van der Waals surface area contributed by atoms with Crippen molar-refractivity contribution in [1.82, 2.24) is 24.6 Å². The van der Waals surface area contributed by atoms with Crippen LogP contribution in [-0.4, -0.2) is 57.4 Å². The maximum absolute atomic E-state index is 11.5. The molecule has 1 aromatic carbocycles. The van der Waals surface area contributed by atoms with Gasteiger partial charge in [0.15, 0.2) is 11.3 Å². The smallest absolute Gasteiger partial charge is 0.209 e. The first-order valence-electron chi connectivity index (χ1n) is 13.1. The molecule has 206 valence electrons. The van der Waals surface area contributed by atoms with Gasteiger partial charge in [0.1, 0.15) is 11.6 Å². The second kappa shape index (κ2) is 11.1. The molecule has 39 heavy (non-hydrogen) atoms. The van der Waals surface area contributed by atoms with E-state index in [9.17, 15) is 13.7 Å². The molecule has 0 bridgehead atoms. The van der Waals surface area contributed by atoms with Crippen LogP contribution in [0.1, 0.15) is 68.9 Å². The summed E-state index contributed by atoms with van der Waals surface area (Å²) in [4.78, 5) is 12.0. The number of allylic oxidation sites excluding steroid dienone is 1. The minimum Gasteiger partial charge on any atom is -0.297 e. The summed E-state index contributed by atoms with van der Waals surface area (Å²) in [5, 5.41) is 20.5. The van der Waals surface area contributed by atoms with E-state index in [0.29, 0.717) is 39.6 Å². The number of rotatable bonds is 7. The van der Waals surface area contributed by atoms with Crippen molar-refractivity contribution in [3.05, 3.63) is 57.5 Å². The molecular formula is C27H31Cl2N7O2S. The summed E-state index contributed by atoms with van der Waals surface area (Å²) in [5.74, 6) is 0.369. The molecule has 2 aliphatic rings. The standard InChI is InChI=1S/C27H31Cl2N7O2S/c1-16-12-18(5-8-25(16)35-10-3-4-20(35)9-11-39(31,37)38)24-15-32-26-23(14-30)34-36(27(26)33-24)17(2)21-7-6-19(28)13-22(21)29/h5-7,13,15-17,20,25H,3-4,8-12H2,1-2H3,(H2,31,37,38)/t16-,17-,20+,25+/m1/s1. The van der Waals surface area contributed by atoms with E-state index in [1.807, 2.05) is 13.0 Å². The molecule has 0 amide bonds. The highest BCUT2D eigenvalue weighted by Gasteiger charge is 2.35. The topological polar surface area (TPSA) is 131 Å². The molecule has 0 saturated carbocycles. The molecule has 2 aromatic heterocycles. The van der Waals surface area contributed by atoms with E-state index in [1.54, 1.807) is 23.0 Å². The van der Waals surface area contributed by atoms with Gasteiger partial charge in [0.05, 0.1) is 23.7 Å². The van der Waals surface area contributed by atoms with Gasteiger partial charge in [0, 0.05) is 22.1 Å². The predicted molar refractivity (Wildman–Crippen MR) is 153 cm³/mol. The number of fused-ring (bicyclic) bond motifs is 1. The summed E-state index contributed by atoms with van der Waals surface area (Å²) in [5.41, 5.74) is 3.89. The van der Waals surface area contributed by atoms with Crippen LogP contribution < -0.4 is 5.14 Å². The van der Waals surface area contributed by atoms with Crippen molar-refractivity contribution < 1.29 is 8.42 Å². The molecule has 0 unspecified atom stereocenters. The molecule has 0 spiro atoms. The SMILES string of the molecule is C[C@@H]1CC(c2cnc3c(C#N)nn([C@H](C)c4ccc(Cl)cc4Cl)c3n2)=CC[C@@H]1N1CCC[C@H]1CCS(N)(=O)=O. The summed E-state index contributed by atoms with van der Waals surface area (Å²) >= 11 is 12.6. The average molecular weight is 589 g/mol. The molecule has 1 fully saturated rings. The third-order valence-electron chi connectivity index (χ3n) is 8.01. The first-order chi connectivity index (χ1) is 18.6. The number of halogens is 2. The fourth-order valence-electron chi connectivity index (χ4n) is 6.02. The molecule has 1 aliphatic carbocycles. The number of primary sulfonamides is 1. The molecule has 3 heterocycles. The maximum Gasteiger partial charge on any atom is 0.209 e. The van der Waals surface area contributed by atoms with Crippen molar-refractivity contribution in [2.45, 2.75) is 64.1 Å². The summed E-state index contributed by atoms with van der Waals surface area (Å²) < 4.78 is 24.8. The Morgan fingerprint density at radius 2 is 2.10 bits per heavy atom. The lowest BCUT2D eigenvalue weighted by Gasteiger charge is -2.39. The van der Waals surface area contributed by atoms with E-state index in [0.717, 1.165) is 49.1 Å². The Kier molecular flexibility index (Phi) is 8.00. The van der Waals surface area contributed by atoms with Crippen molar-refractivity contribution in [3.8, 4) is 6.07 Å². The first kappa shape index (κ1) is 28.0. The van der Waals surface area contributed by atoms with Crippen LogP contribution >= 0.6 is 23.2 Å². The van der Waals surface area contributed by atoms with Gasteiger partial charge in [-0.2, -0.15) is 10.4 Å². The zero-order valence-electron chi connectivity index (χ0n) is 21.9. The van der Waals surface area contributed by atoms with Crippen LogP contribution in [0.5, 0.6) is 0 Å². The molecule has 5 rings (SSSR count). The lowest BCUT2D eigenvalue weighted by molar-refractivity contribution is 0.130. The largest absolute Gasteiger partial charge is 0.297 e. The number of nitriles is 1. The summed E-state index contributed by atoms with van der Waals surface area (Å²) in [6.07, 6.45) is 8.25. The number of hydrogen-bond acceptors (Lipinski definition) is 7. The van der Waals surface area contributed by atoms with Crippen molar-refractivity contribution in [2.24, 2.45) is 11.1 Å². The van der Waals surface area contributed by atoms with E-state index in [-0.39, 0.29) is 23.5 Å². The van der Waals surface area contributed by atoms with Gasteiger partial charge in [-0.25, -0.2) is 28.2 Å². The third kappa shape index (κ3) is 5.83. The fraction of sp³-hybridized carbons (Fsp3) is 0.481. The van der Waals surface area contributed by atoms with Gasteiger partial charge in [-0.15, -0.1) is 0 Å². The van der Waals surface area contributed by atoms with E-state index < -0.39 is 10.0 Å². The number of nitrogens with two attached hydrogens (primary N) is 1. The Labute approximate surface area is 238 Å². The summed E-state index contributed by atoms with van der Waals surface area (Å²) in [6.45, 7) is 5.16. The quantitative estimate of drug-likeness (QED) is 0.414. The normalized spacial score (nSPS) is 23.1. The molecule has 1 saturated heterocycles. The van der Waals surface area contributed by atoms with E-state index >= 15 is 0 Å². The number of hydrogen-bond donors (Lipinski definition) is 1. The Hall–Kier alpha value is -2.55. The highest BCUT2D eigenvalue weighted by atomic mass is 35.5. The lowest BCUT2D eigenvalue weighted by atomic mass is 9.83. The number of likely N-dealkylation sites (tertiary alicyclic amines) is 1. The van der Waals surface area contributed by atoms with Gasteiger partial charge < -0.3 is 0 Å². The minimum atomic E-state index is -3.47. The lowest BCUT2D eigenvalue weighted by Crippen LogP contribution is -2.44. The highest BCUT2D eigenvalue weighted by Crippen LogP contribution is 2.37. The van der Waals surface area contributed by atoms with Gasteiger partial charge in [0.25, 0.3) is 0 Å². The Bertz CT molecular complexity index is 1580. The Morgan fingerprint density at radius 3 is 2.79 bits per heavy atom. The van der Waals surface area contributed by atoms with Crippen LogP contribution in [-0.2, 0) is 10.0 Å². The van der Waals surface area contributed by atoms with Crippen molar-refractivity contribution in [3.63, 3.8) is 0 Å². The number of aromatic nitrogens is 4. The van der Waals surface area contributed by atoms with Crippen LogP contribution in [0.25, 0.3) is 16.7 Å². The molecule has 1 aliphatic heterocycles. The second-order valence-corrected chi connectivity index (χ2v) is 13.2. The molecule has 9 nitrogen and oxygen atoms in total. The molecule has 12 heteroatoms.